The highest BCUT2D eigenvalue weighted by atomic mass is 28.4. The molecule has 0 aromatic rings. The number of hydrogen-bond donors (Lipinski definition) is 0. The zero-order valence-corrected chi connectivity index (χ0v) is 28.9. The molecule has 0 N–H and O–H groups in total. The Morgan fingerprint density at radius 3 is 1.61 bits per heavy atom. The molecule has 0 aliphatic carbocycles. The van der Waals surface area contributed by atoms with E-state index in [9.17, 15) is 4.79 Å². The van der Waals surface area contributed by atoms with Gasteiger partial charge in [-0.15, -0.1) is 6.58 Å². The van der Waals surface area contributed by atoms with Crippen LogP contribution in [-0.2, 0) is 18.4 Å². The number of esters is 1. The molecule has 0 rings (SSSR count). The smallest absolute Gasteiger partial charge is 0.311 e. The van der Waals surface area contributed by atoms with Gasteiger partial charge in [-0.1, -0.05) is 82.2 Å². The van der Waals surface area contributed by atoms with Crippen molar-refractivity contribution in [3.63, 3.8) is 0 Å². The maximum Gasteiger partial charge on any atom is 0.311 e. The van der Waals surface area contributed by atoms with Crippen LogP contribution in [0.4, 0.5) is 0 Å². The number of carbonyl (C=O) groups excluding carboxylic acids is 1. The first-order chi connectivity index (χ1) is 16.1. The SMILES string of the molecule is C=CCC(O[Si](C)(C)C(C)(C)C)[C@@H](C)[C@@H](O[Si](C(C)C)(C(C)C)C(C)C)[C@H](C)COC(=O)C(C)(C)C. The van der Waals surface area contributed by atoms with Crippen LogP contribution in [-0.4, -0.2) is 41.4 Å². The molecule has 1 unspecified atom stereocenters. The van der Waals surface area contributed by atoms with Crippen molar-refractivity contribution < 1.29 is 18.4 Å². The molecule has 0 bridgehead atoms. The molecule has 4 atom stereocenters. The predicted molar refractivity (Wildman–Crippen MR) is 162 cm³/mol. The Kier molecular flexibility index (Phi) is 13.4. The van der Waals surface area contributed by atoms with Crippen molar-refractivity contribution >= 4 is 22.6 Å². The minimum Gasteiger partial charge on any atom is -0.465 e. The number of carbonyl (C=O) groups is 1. The van der Waals surface area contributed by atoms with E-state index in [1.807, 2.05) is 26.8 Å². The van der Waals surface area contributed by atoms with Gasteiger partial charge in [-0.25, -0.2) is 0 Å². The van der Waals surface area contributed by atoms with Gasteiger partial charge in [0.05, 0.1) is 24.2 Å². The summed E-state index contributed by atoms with van der Waals surface area (Å²) in [5.74, 6) is 0.00866. The zero-order valence-electron chi connectivity index (χ0n) is 26.9. The second-order valence-corrected chi connectivity index (χ2v) is 24.7. The Morgan fingerprint density at radius 1 is 0.833 bits per heavy atom. The van der Waals surface area contributed by atoms with Gasteiger partial charge in [0.25, 0.3) is 0 Å². The van der Waals surface area contributed by atoms with Crippen LogP contribution in [0.25, 0.3) is 0 Å². The highest BCUT2D eigenvalue weighted by Crippen LogP contribution is 2.46. The van der Waals surface area contributed by atoms with Gasteiger partial charge in [0.1, 0.15) is 0 Å². The molecule has 0 saturated carbocycles. The van der Waals surface area contributed by atoms with Crippen LogP contribution < -0.4 is 0 Å². The summed E-state index contributed by atoms with van der Waals surface area (Å²) >= 11 is 0. The first-order valence-electron chi connectivity index (χ1n) is 14.2. The topological polar surface area (TPSA) is 44.8 Å². The first-order valence-corrected chi connectivity index (χ1v) is 19.2. The molecule has 0 heterocycles. The van der Waals surface area contributed by atoms with Gasteiger partial charge in [-0.05, 0) is 61.9 Å². The van der Waals surface area contributed by atoms with Gasteiger partial charge in [-0.2, -0.15) is 0 Å². The third-order valence-corrected chi connectivity index (χ3v) is 19.1. The lowest BCUT2D eigenvalue weighted by Gasteiger charge is -2.49. The largest absolute Gasteiger partial charge is 0.465 e. The Morgan fingerprint density at radius 2 is 1.28 bits per heavy atom. The predicted octanol–water partition coefficient (Wildman–Crippen LogP) is 9.38. The fraction of sp³-hybridized carbons (Fsp3) is 0.900. The molecule has 0 amide bonds. The number of ether oxygens (including phenoxy) is 1. The van der Waals surface area contributed by atoms with Crippen molar-refractivity contribution in [2.45, 2.75) is 150 Å². The molecule has 0 saturated heterocycles. The van der Waals surface area contributed by atoms with Crippen LogP contribution in [0.2, 0.25) is 34.8 Å². The van der Waals surface area contributed by atoms with Gasteiger partial charge in [0, 0.05) is 11.8 Å². The Bertz CT molecular complexity index is 664. The monoisotopic (exact) mass is 542 g/mol. The van der Waals surface area contributed by atoms with E-state index < -0.39 is 22.0 Å². The standard InChI is InChI=1S/C30H62O4Si2/c1-18-19-26(33-35(16,17)30(13,14)15)25(9)27(24(8)20-32-28(31)29(10,11)12)34-36(21(2)3,22(4)5)23(6)7/h18,21-27H,1,19-20H2,2-17H3/t24-,25-,26?,27+/m1/s1. The van der Waals surface area contributed by atoms with E-state index >= 15 is 0 Å². The molecular weight excluding hydrogens is 480 g/mol. The quantitative estimate of drug-likeness (QED) is 0.125. The second kappa shape index (κ2) is 13.6. The molecule has 214 valence electrons. The molecular formula is C30H62O4Si2. The molecule has 4 nitrogen and oxygen atoms in total. The summed E-state index contributed by atoms with van der Waals surface area (Å²) in [5.41, 5.74) is 0.882. The summed E-state index contributed by atoms with van der Waals surface area (Å²) < 4.78 is 20.3. The van der Waals surface area contributed by atoms with Crippen molar-refractivity contribution in [2.24, 2.45) is 17.3 Å². The molecule has 0 aromatic heterocycles. The molecule has 0 aliphatic heterocycles. The van der Waals surface area contributed by atoms with E-state index in [0.29, 0.717) is 23.2 Å². The van der Waals surface area contributed by atoms with E-state index in [0.717, 1.165) is 6.42 Å². The molecule has 0 aliphatic rings. The molecule has 36 heavy (non-hydrogen) atoms. The van der Waals surface area contributed by atoms with E-state index in [-0.39, 0.29) is 35.1 Å². The van der Waals surface area contributed by atoms with Crippen LogP contribution in [0.1, 0.15) is 103 Å². The van der Waals surface area contributed by atoms with Gasteiger partial charge < -0.3 is 13.6 Å². The fourth-order valence-electron chi connectivity index (χ4n) is 5.21. The van der Waals surface area contributed by atoms with Crippen molar-refractivity contribution in [3.8, 4) is 0 Å². The molecule has 0 radical (unpaired) electrons. The lowest BCUT2D eigenvalue weighted by molar-refractivity contribution is -0.155. The van der Waals surface area contributed by atoms with E-state index in [4.69, 9.17) is 13.6 Å². The Balaban J connectivity index is 6.47. The van der Waals surface area contributed by atoms with Gasteiger partial charge >= 0.3 is 5.97 Å². The number of hydrogen-bond acceptors (Lipinski definition) is 4. The van der Waals surface area contributed by atoms with Crippen molar-refractivity contribution in [1.29, 1.82) is 0 Å². The Labute approximate surface area is 227 Å². The van der Waals surface area contributed by atoms with E-state index in [2.05, 4.69) is 95.8 Å². The summed E-state index contributed by atoms with van der Waals surface area (Å²) in [6.07, 6.45) is 2.69. The van der Waals surface area contributed by atoms with Crippen LogP contribution in [0.3, 0.4) is 0 Å². The fourth-order valence-corrected chi connectivity index (χ4v) is 12.4. The third kappa shape index (κ3) is 9.09. The maximum atomic E-state index is 12.6. The minimum atomic E-state index is -2.18. The second-order valence-electron chi connectivity index (χ2n) is 14.5. The van der Waals surface area contributed by atoms with Crippen LogP contribution in [0.15, 0.2) is 12.7 Å². The first kappa shape index (κ1) is 35.6. The van der Waals surface area contributed by atoms with Gasteiger partial charge in [0.2, 0.25) is 8.32 Å². The highest BCUT2D eigenvalue weighted by molar-refractivity contribution is 6.77. The molecule has 0 aromatic carbocycles. The van der Waals surface area contributed by atoms with E-state index in [1.165, 1.54) is 0 Å². The summed E-state index contributed by atoms with van der Waals surface area (Å²) in [6, 6.07) is 0. The third-order valence-electron chi connectivity index (χ3n) is 8.45. The lowest BCUT2D eigenvalue weighted by atomic mass is 9.88. The van der Waals surface area contributed by atoms with Crippen LogP contribution in [0.5, 0.6) is 0 Å². The van der Waals surface area contributed by atoms with Gasteiger partial charge in [0.15, 0.2) is 8.32 Å². The minimum absolute atomic E-state index is 0.00680. The van der Waals surface area contributed by atoms with E-state index in [1.54, 1.807) is 0 Å². The number of rotatable bonds is 14. The maximum absolute atomic E-state index is 12.6. The summed E-state index contributed by atoms with van der Waals surface area (Å²) in [6.45, 7) is 40.0. The lowest BCUT2D eigenvalue weighted by Crippen LogP contribution is -2.55. The average molecular weight is 543 g/mol. The highest BCUT2D eigenvalue weighted by Gasteiger charge is 2.49. The van der Waals surface area contributed by atoms with Gasteiger partial charge in [-0.3, -0.25) is 4.79 Å². The Hall–Kier alpha value is -0.436. The molecule has 0 fully saturated rings. The summed E-state index contributed by atoms with van der Waals surface area (Å²) in [4.78, 5) is 12.6. The van der Waals surface area contributed by atoms with Crippen LogP contribution >= 0.6 is 0 Å². The summed E-state index contributed by atoms with van der Waals surface area (Å²) in [7, 11) is -4.20. The average Bonchev–Trinajstić information content (AvgIpc) is 2.69. The van der Waals surface area contributed by atoms with Crippen LogP contribution in [0, 0.1) is 17.3 Å². The summed E-state index contributed by atoms with van der Waals surface area (Å²) in [5, 5.41) is 0.114. The molecule has 0 spiro atoms. The normalized spacial score (nSPS) is 17.3. The molecule has 6 heteroatoms. The van der Waals surface area contributed by atoms with Crippen molar-refractivity contribution in [2.75, 3.05) is 6.61 Å². The van der Waals surface area contributed by atoms with Crippen molar-refractivity contribution in [3.05, 3.63) is 12.7 Å². The van der Waals surface area contributed by atoms with Crippen molar-refractivity contribution in [1.82, 2.24) is 0 Å². The zero-order chi connectivity index (χ0) is 28.9.